The molecule has 0 aliphatic heterocycles. The van der Waals surface area contributed by atoms with E-state index in [1.807, 2.05) is 25.2 Å². The SMILES string of the molecule is CNC(C)c1ccccc1Sc1nc2ccccc2[nH]1. The van der Waals surface area contributed by atoms with Crippen molar-refractivity contribution in [2.24, 2.45) is 0 Å². The average molecular weight is 283 g/mol. The van der Waals surface area contributed by atoms with Crippen LogP contribution in [0.1, 0.15) is 18.5 Å². The van der Waals surface area contributed by atoms with E-state index >= 15 is 0 Å². The largest absolute Gasteiger partial charge is 0.333 e. The van der Waals surface area contributed by atoms with Crippen molar-refractivity contribution in [1.29, 1.82) is 0 Å². The lowest BCUT2D eigenvalue weighted by Crippen LogP contribution is -2.13. The number of nitrogens with zero attached hydrogens (tertiary/aromatic N) is 1. The first-order valence-corrected chi connectivity index (χ1v) is 7.48. The van der Waals surface area contributed by atoms with Crippen LogP contribution < -0.4 is 5.32 Å². The predicted octanol–water partition coefficient (Wildman–Crippen LogP) is 3.99. The first kappa shape index (κ1) is 13.2. The lowest BCUT2D eigenvalue weighted by atomic mass is 10.1. The van der Waals surface area contributed by atoms with Gasteiger partial charge >= 0.3 is 0 Å². The zero-order chi connectivity index (χ0) is 13.9. The van der Waals surface area contributed by atoms with Gasteiger partial charge in [0.1, 0.15) is 0 Å². The summed E-state index contributed by atoms with van der Waals surface area (Å²) in [5.74, 6) is 0. The van der Waals surface area contributed by atoms with Gasteiger partial charge in [-0.1, -0.05) is 42.1 Å². The Labute approximate surface area is 122 Å². The van der Waals surface area contributed by atoms with Crippen LogP contribution in [0.25, 0.3) is 11.0 Å². The van der Waals surface area contributed by atoms with E-state index in [1.165, 1.54) is 10.5 Å². The third-order valence-electron chi connectivity index (χ3n) is 3.39. The molecule has 3 aromatic rings. The topological polar surface area (TPSA) is 40.7 Å². The molecule has 20 heavy (non-hydrogen) atoms. The summed E-state index contributed by atoms with van der Waals surface area (Å²) in [7, 11) is 1.98. The van der Waals surface area contributed by atoms with E-state index in [-0.39, 0.29) is 0 Å². The number of aromatic amines is 1. The van der Waals surface area contributed by atoms with Crippen molar-refractivity contribution < 1.29 is 0 Å². The number of H-pyrrole nitrogens is 1. The summed E-state index contributed by atoms with van der Waals surface area (Å²) in [5, 5.41) is 4.22. The number of para-hydroxylation sites is 2. The second-order valence-corrected chi connectivity index (χ2v) is 5.74. The fourth-order valence-corrected chi connectivity index (χ4v) is 3.19. The molecule has 3 rings (SSSR count). The first-order valence-electron chi connectivity index (χ1n) is 6.66. The molecule has 2 aromatic carbocycles. The smallest absolute Gasteiger partial charge is 0.171 e. The summed E-state index contributed by atoms with van der Waals surface area (Å²) in [6, 6.07) is 16.9. The van der Waals surface area contributed by atoms with Gasteiger partial charge in [0.15, 0.2) is 5.16 Å². The maximum Gasteiger partial charge on any atom is 0.171 e. The van der Waals surface area contributed by atoms with E-state index in [2.05, 4.69) is 52.5 Å². The molecule has 4 heteroatoms. The minimum atomic E-state index is 0.322. The molecule has 1 aromatic heterocycles. The second-order valence-electron chi connectivity index (χ2n) is 4.71. The van der Waals surface area contributed by atoms with Crippen molar-refractivity contribution in [3.8, 4) is 0 Å². The molecule has 102 valence electrons. The Kier molecular flexibility index (Phi) is 3.76. The highest BCUT2D eigenvalue weighted by atomic mass is 32.2. The van der Waals surface area contributed by atoms with Crippen LogP contribution in [0.4, 0.5) is 0 Å². The highest BCUT2D eigenvalue weighted by molar-refractivity contribution is 7.99. The molecule has 0 saturated heterocycles. The third-order valence-corrected chi connectivity index (χ3v) is 4.37. The highest BCUT2D eigenvalue weighted by Gasteiger charge is 2.11. The van der Waals surface area contributed by atoms with Gasteiger partial charge in [0.05, 0.1) is 11.0 Å². The van der Waals surface area contributed by atoms with E-state index in [1.54, 1.807) is 11.8 Å². The van der Waals surface area contributed by atoms with Crippen LogP contribution >= 0.6 is 11.8 Å². The Morgan fingerprint density at radius 3 is 2.65 bits per heavy atom. The fourth-order valence-electron chi connectivity index (χ4n) is 2.17. The molecule has 3 nitrogen and oxygen atoms in total. The summed E-state index contributed by atoms with van der Waals surface area (Å²) in [4.78, 5) is 9.21. The van der Waals surface area contributed by atoms with E-state index in [0.717, 1.165) is 16.2 Å². The summed E-state index contributed by atoms with van der Waals surface area (Å²) < 4.78 is 0. The molecule has 0 bridgehead atoms. The predicted molar refractivity (Wildman–Crippen MR) is 84.1 cm³/mol. The highest BCUT2D eigenvalue weighted by Crippen LogP contribution is 2.32. The molecule has 1 heterocycles. The van der Waals surface area contributed by atoms with Gasteiger partial charge in [0, 0.05) is 10.9 Å². The number of hydrogen-bond donors (Lipinski definition) is 2. The molecule has 0 amide bonds. The molecule has 0 aliphatic rings. The van der Waals surface area contributed by atoms with Crippen molar-refractivity contribution in [2.45, 2.75) is 23.0 Å². The molecule has 1 atom stereocenters. The summed E-state index contributed by atoms with van der Waals surface area (Å²) in [6.45, 7) is 2.16. The van der Waals surface area contributed by atoms with Crippen LogP contribution in [-0.2, 0) is 0 Å². The van der Waals surface area contributed by atoms with E-state index in [4.69, 9.17) is 0 Å². The van der Waals surface area contributed by atoms with E-state index in [0.29, 0.717) is 6.04 Å². The normalized spacial score (nSPS) is 12.7. The summed E-state index contributed by atoms with van der Waals surface area (Å²) in [6.07, 6.45) is 0. The monoisotopic (exact) mass is 283 g/mol. The maximum absolute atomic E-state index is 4.62. The Bertz CT molecular complexity index is 687. The zero-order valence-corrected chi connectivity index (χ0v) is 12.4. The molecular weight excluding hydrogens is 266 g/mol. The van der Waals surface area contributed by atoms with Crippen LogP contribution in [0.2, 0.25) is 0 Å². The van der Waals surface area contributed by atoms with Gasteiger partial charge < -0.3 is 10.3 Å². The lowest BCUT2D eigenvalue weighted by Gasteiger charge is -2.14. The zero-order valence-electron chi connectivity index (χ0n) is 11.6. The molecule has 1 unspecified atom stereocenters. The van der Waals surface area contributed by atoms with Crippen molar-refractivity contribution in [3.05, 3.63) is 54.1 Å². The minimum absolute atomic E-state index is 0.322. The lowest BCUT2D eigenvalue weighted by molar-refractivity contribution is 0.641. The minimum Gasteiger partial charge on any atom is -0.333 e. The van der Waals surface area contributed by atoms with Gasteiger partial charge in [-0.3, -0.25) is 0 Å². The van der Waals surface area contributed by atoms with Crippen molar-refractivity contribution in [2.75, 3.05) is 7.05 Å². The number of fused-ring (bicyclic) bond motifs is 1. The van der Waals surface area contributed by atoms with Gasteiger partial charge in [-0.25, -0.2) is 4.98 Å². The van der Waals surface area contributed by atoms with Crippen LogP contribution in [0.3, 0.4) is 0 Å². The standard InChI is InChI=1S/C16H17N3S/c1-11(17-2)12-7-3-6-10-15(12)20-16-18-13-8-4-5-9-14(13)19-16/h3-11,17H,1-2H3,(H,18,19). The van der Waals surface area contributed by atoms with Crippen LogP contribution in [0.5, 0.6) is 0 Å². The average Bonchev–Trinajstić information content (AvgIpc) is 2.89. The fraction of sp³-hybridized carbons (Fsp3) is 0.188. The number of rotatable bonds is 4. The Morgan fingerprint density at radius 1 is 1.10 bits per heavy atom. The number of nitrogens with one attached hydrogen (secondary N) is 2. The van der Waals surface area contributed by atoms with Gasteiger partial charge in [0.2, 0.25) is 0 Å². The van der Waals surface area contributed by atoms with Crippen molar-refractivity contribution >= 4 is 22.8 Å². The van der Waals surface area contributed by atoms with Crippen molar-refractivity contribution in [1.82, 2.24) is 15.3 Å². The molecule has 0 fully saturated rings. The van der Waals surface area contributed by atoms with Crippen molar-refractivity contribution in [3.63, 3.8) is 0 Å². The second kappa shape index (κ2) is 5.69. The van der Waals surface area contributed by atoms with Gasteiger partial charge in [-0.2, -0.15) is 0 Å². The van der Waals surface area contributed by atoms with Crippen LogP contribution in [0.15, 0.2) is 58.6 Å². The van der Waals surface area contributed by atoms with Gasteiger partial charge in [-0.15, -0.1) is 0 Å². The van der Waals surface area contributed by atoms with Gasteiger partial charge in [0.25, 0.3) is 0 Å². The van der Waals surface area contributed by atoms with Crippen LogP contribution in [-0.4, -0.2) is 17.0 Å². The number of benzene rings is 2. The summed E-state index contributed by atoms with van der Waals surface area (Å²) in [5.41, 5.74) is 3.38. The Balaban J connectivity index is 1.94. The number of hydrogen-bond acceptors (Lipinski definition) is 3. The third kappa shape index (κ3) is 2.57. The molecule has 0 spiro atoms. The summed E-state index contributed by atoms with van der Waals surface area (Å²) >= 11 is 1.68. The first-order chi connectivity index (χ1) is 9.78. The van der Waals surface area contributed by atoms with E-state index in [9.17, 15) is 0 Å². The van der Waals surface area contributed by atoms with Crippen LogP contribution in [0, 0.1) is 0 Å². The Hall–Kier alpha value is -1.78. The number of imidazole rings is 1. The van der Waals surface area contributed by atoms with Gasteiger partial charge in [-0.05, 0) is 37.7 Å². The molecule has 0 aliphatic carbocycles. The van der Waals surface area contributed by atoms with E-state index < -0.39 is 0 Å². The molecule has 2 N–H and O–H groups in total. The Morgan fingerprint density at radius 2 is 1.85 bits per heavy atom. The molecule has 0 saturated carbocycles. The maximum atomic E-state index is 4.62. The number of aromatic nitrogens is 2. The molecular formula is C16H17N3S. The molecule has 0 radical (unpaired) electrons. The quantitative estimate of drug-likeness (QED) is 0.760.